The first kappa shape index (κ1) is 25.7. The molecule has 0 spiro atoms. The van der Waals surface area contributed by atoms with E-state index in [4.69, 9.17) is 26.1 Å². The average Bonchev–Trinajstić information content (AvgIpc) is 3.46. The average molecular weight is 551 g/mol. The first-order valence-corrected chi connectivity index (χ1v) is 13.7. The first-order valence-electron chi connectivity index (χ1n) is 13.3. The van der Waals surface area contributed by atoms with Crippen LogP contribution in [0.3, 0.4) is 0 Å². The summed E-state index contributed by atoms with van der Waals surface area (Å²) in [5.74, 6) is -0.247. The van der Waals surface area contributed by atoms with E-state index in [0.29, 0.717) is 37.3 Å². The highest BCUT2D eigenvalue weighted by Gasteiger charge is 2.49. The molecule has 6 heterocycles. The van der Waals surface area contributed by atoms with E-state index in [1.165, 1.54) is 6.20 Å². The van der Waals surface area contributed by atoms with Crippen molar-refractivity contribution in [3.8, 4) is 6.01 Å². The van der Waals surface area contributed by atoms with Crippen molar-refractivity contribution >= 4 is 34.4 Å². The van der Waals surface area contributed by atoms with E-state index in [1.807, 2.05) is 30.6 Å². The second-order valence-electron chi connectivity index (χ2n) is 12.0. The van der Waals surface area contributed by atoms with Gasteiger partial charge in [0.15, 0.2) is 11.0 Å². The van der Waals surface area contributed by atoms with Gasteiger partial charge in [0.05, 0.1) is 23.0 Å². The normalized spacial score (nSPS) is 29.3. The number of anilines is 1. The zero-order chi connectivity index (χ0) is 26.8. The molecule has 0 aromatic carbocycles. The molecule has 4 saturated heterocycles. The summed E-state index contributed by atoms with van der Waals surface area (Å²) >= 11 is 6.00. The van der Waals surface area contributed by atoms with Crippen LogP contribution in [0.1, 0.15) is 52.9 Å². The maximum atomic E-state index is 15.1. The van der Waals surface area contributed by atoms with E-state index in [0.717, 1.165) is 32.2 Å². The number of aromatic nitrogens is 3. The molecule has 0 saturated carbocycles. The summed E-state index contributed by atoms with van der Waals surface area (Å²) in [5, 5.41) is 0.147. The molecule has 0 aliphatic carbocycles. The maximum Gasteiger partial charge on any atom is 0.410 e. The topological polar surface area (TPSA) is 83.9 Å². The van der Waals surface area contributed by atoms with Crippen LogP contribution in [0.15, 0.2) is 6.20 Å². The second-order valence-corrected chi connectivity index (χ2v) is 12.4. The molecule has 0 radical (unpaired) electrons. The number of nitrogens with zero attached hydrogens (tertiary/aromatic N) is 6. The molecule has 2 bridgehead atoms. The predicted octanol–water partition coefficient (Wildman–Crippen LogP) is 4.36. The molecule has 6 rings (SSSR count). The quantitative estimate of drug-likeness (QED) is 0.519. The van der Waals surface area contributed by atoms with Gasteiger partial charge in [-0.2, -0.15) is 9.97 Å². The Morgan fingerprint density at radius 2 is 1.95 bits per heavy atom. The fourth-order valence-corrected chi connectivity index (χ4v) is 6.78. The van der Waals surface area contributed by atoms with Crippen LogP contribution in [-0.4, -0.2) is 93.0 Å². The van der Waals surface area contributed by atoms with Gasteiger partial charge in [0.2, 0.25) is 0 Å². The van der Waals surface area contributed by atoms with Crippen molar-refractivity contribution in [2.24, 2.45) is 0 Å². The SMILES string of the molecule is CC(C)(C)OC(=O)N1C2CC[C@H]1CN(c1nc(OC[C@@]34CCCN3C[C@H](F)C4)nc3c(F)c(Cl)ncc13)C2. The van der Waals surface area contributed by atoms with E-state index in [-0.39, 0.29) is 47.0 Å². The number of alkyl halides is 1. The van der Waals surface area contributed by atoms with Crippen molar-refractivity contribution in [3.05, 3.63) is 17.2 Å². The fourth-order valence-electron chi connectivity index (χ4n) is 6.64. The third kappa shape index (κ3) is 4.51. The van der Waals surface area contributed by atoms with Crippen LogP contribution in [0.2, 0.25) is 5.15 Å². The molecule has 206 valence electrons. The molecule has 12 heteroatoms. The highest BCUT2D eigenvalue weighted by molar-refractivity contribution is 6.30. The van der Waals surface area contributed by atoms with Crippen molar-refractivity contribution in [1.82, 2.24) is 24.8 Å². The van der Waals surface area contributed by atoms with Gasteiger partial charge in [0, 0.05) is 32.3 Å². The summed E-state index contributed by atoms with van der Waals surface area (Å²) < 4.78 is 41.1. The molecule has 38 heavy (non-hydrogen) atoms. The highest BCUT2D eigenvalue weighted by Crippen LogP contribution is 2.41. The Labute approximate surface area is 225 Å². The molecular weight excluding hydrogens is 518 g/mol. The molecule has 1 amide bonds. The Bertz CT molecular complexity index is 1250. The number of halogens is 3. The third-order valence-electron chi connectivity index (χ3n) is 8.22. The molecule has 4 atom stereocenters. The van der Waals surface area contributed by atoms with Crippen LogP contribution >= 0.6 is 11.6 Å². The van der Waals surface area contributed by atoms with Crippen molar-refractivity contribution in [3.63, 3.8) is 0 Å². The molecular formula is C26H33ClF2N6O3. The zero-order valence-electron chi connectivity index (χ0n) is 21.9. The lowest BCUT2D eigenvalue weighted by atomic mass is 9.95. The lowest BCUT2D eigenvalue weighted by Gasteiger charge is -2.42. The number of pyridine rings is 1. The second kappa shape index (κ2) is 9.29. The van der Waals surface area contributed by atoms with Crippen molar-refractivity contribution in [2.45, 2.75) is 82.3 Å². The predicted molar refractivity (Wildman–Crippen MR) is 138 cm³/mol. The third-order valence-corrected chi connectivity index (χ3v) is 8.48. The summed E-state index contributed by atoms with van der Waals surface area (Å²) in [7, 11) is 0. The summed E-state index contributed by atoms with van der Waals surface area (Å²) in [6.45, 7) is 8.06. The van der Waals surface area contributed by atoms with Crippen molar-refractivity contribution in [1.29, 1.82) is 0 Å². The van der Waals surface area contributed by atoms with Crippen LogP contribution < -0.4 is 9.64 Å². The largest absolute Gasteiger partial charge is 0.461 e. The molecule has 2 aromatic heterocycles. The number of rotatable bonds is 4. The molecule has 1 unspecified atom stereocenters. The minimum Gasteiger partial charge on any atom is -0.461 e. The monoisotopic (exact) mass is 550 g/mol. The number of ether oxygens (including phenoxy) is 2. The minimum absolute atomic E-state index is 0.0270. The summed E-state index contributed by atoms with van der Waals surface area (Å²) in [6, 6.07) is -0.0953. The van der Waals surface area contributed by atoms with Gasteiger partial charge in [0.1, 0.15) is 29.7 Å². The van der Waals surface area contributed by atoms with E-state index in [1.54, 1.807) is 0 Å². The van der Waals surface area contributed by atoms with Crippen LogP contribution in [-0.2, 0) is 4.74 Å². The molecule has 2 aromatic rings. The number of hydrogen-bond acceptors (Lipinski definition) is 8. The van der Waals surface area contributed by atoms with Gasteiger partial charge in [-0.25, -0.2) is 18.6 Å². The Kier molecular flexibility index (Phi) is 6.29. The minimum atomic E-state index is -0.883. The lowest BCUT2D eigenvalue weighted by molar-refractivity contribution is 0.0122. The van der Waals surface area contributed by atoms with Crippen LogP contribution in [0.25, 0.3) is 10.9 Å². The standard InChI is InChI=1S/C26H33ClF2N6O3/c1-25(2,3)38-24(36)35-16-5-6-17(35)13-33(12-16)22-18-10-30-21(27)19(29)20(18)31-23(32-22)37-14-26-7-4-8-34(26)11-15(28)9-26/h10,15-17H,4-9,11-14H2,1-3H3/t15-,16+,17?,26+/m1/s1. The number of hydrogen-bond donors (Lipinski definition) is 0. The van der Waals surface area contributed by atoms with Gasteiger partial charge in [0.25, 0.3) is 0 Å². The molecule has 0 N–H and O–H groups in total. The zero-order valence-corrected chi connectivity index (χ0v) is 22.7. The Morgan fingerprint density at radius 3 is 2.66 bits per heavy atom. The van der Waals surface area contributed by atoms with Crippen molar-refractivity contribution < 1.29 is 23.0 Å². The van der Waals surface area contributed by atoms with Gasteiger partial charge in [-0.3, -0.25) is 9.80 Å². The molecule has 4 aliphatic rings. The summed E-state index contributed by atoms with van der Waals surface area (Å²) in [4.78, 5) is 32.0. The Balaban J connectivity index is 1.30. The van der Waals surface area contributed by atoms with Gasteiger partial charge in [-0.1, -0.05) is 11.6 Å². The van der Waals surface area contributed by atoms with E-state index in [2.05, 4.69) is 14.9 Å². The fraction of sp³-hybridized carbons (Fsp3) is 0.692. The number of amides is 1. The van der Waals surface area contributed by atoms with E-state index in [9.17, 15) is 9.18 Å². The Hall–Kier alpha value is -2.53. The van der Waals surface area contributed by atoms with E-state index < -0.39 is 17.6 Å². The smallest absolute Gasteiger partial charge is 0.410 e. The summed E-state index contributed by atoms with van der Waals surface area (Å²) in [6.07, 6.45) is 4.20. The van der Waals surface area contributed by atoms with E-state index >= 15 is 4.39 Å². The lowest BCUT2D eigenvalue weighted by Crippen LogP contribution is -2.57. The molecule has 9 nitrogen and oxygen atoms in total. The number of carbonyl (C=O) groups excluding carboxylic acids is 1. The maximum absolute atomic E-state index is 15.1. The number of carbonyl (C=O) groups is 1. The highest BCUT2D eigenvalue weighted by atomic mass is 35.5. The number of piperazine rings is 1. The Morgan fingerprint density at radius 1 is 1.21 bits per heavy atom. The molecule has 4 aliphatic heterocycles. The van der Waals surface area contributed by atoms with Gasteiger partial charge < -0.3 is 14.4 Å². The van der Waals surface area contributed by atoms with Crippen LogP contribution in [0.5, 0.6) is 6.01 Å². The van der Waals surface area contributed by atoms with Gasteiger partial charge >= 0.3 is 12.1 Å². The van der Waals surface area contributed by atoms with Crippen LogP contribution in [0, 0.1) is 5.82 Å². The first-order chi connectivity index (χ1) is 18.0. The summed E-state index contributed by atoms with van der Waals surface area (Å²) in [5.41, 5.74) is -0.937. The van der Waals surface area contributed by atoms with Gasteiger partial charge in [-0.05, 0) is 53.0 Å². The number of fused-ring (bicyclic) bond motifs is 4. The van der Waals surface area contributed by atoms with Crippen molar-refractivity contribution in [2.75, 3.05) is 37.7 Å². The van der Waals surface area contributed by atoms with Gasteiger partial charge in [-0.15, -0.1) is 0 Å². The van der Waals surface area contributed by atoms with Crippen LogP contribution in [0.4, 0.5) is 19.4 Å². The molecule has 4 fully saturated rings.